The number of ketones is 1. The van der Waals surface area contributed by atoms with Gasteiger partial charge in [0.1, 0.15) is 5.82 Å². The number of allylic oxidation sites excluding steroid dienone is 1. The number of hydrogen-bond acceptors (Lipinski definition) is 3. The van der Waals surface area contributed by atoms with E-state index >= 15 is 0 Å². The third-order valence-electron chi connectivity index (χ3n) is 2.48. The van der Waals surface area contributed by atoms with Crippen molar-refractivity contribution in [2.45, 2.75) is 6.92 Å². The predicted octanol–water partition coefficient (Wildman–Crippen LogP) is 3.96. The van der Waals surface area contributed by atoms with Crippen LogP contribution in [0.5, 0.6) is 0 Å². The first-order valence-electron chi connectivity index (χ1n) is 5.82. The Morgan fingerprint density at radius 2 is 1.95 bits per heavy atom. The SMILES string of the molecule is Cc1cccc(NC=CC(=O)c2ccc(Br)cc2)n1. The third-order valence-corrected chi connectivity index (χ3v) is 3.01. The number of anilines is 1. The fraction of sp³-hybridized carbons (Fsp3) is 0.0667. The summed E-state index contributed by atoms with van der Waals surface area (Å²) in [7, 11) is 0. The Labute approximate surface area is 120 Å². The van der Waals surface area contributed by atoms with Crippen molar-refractivity contribution in [3.05, 3.63) is 70.5 Å². The molecule has 0 aliphatic carbocycles. The smallest absolute Gasteiger partial charge is 0.187 e. The van der Waals surface area contributed by atoms with E-state index in [1.54, 1.807) is 18.3 Å². The number of aryl methyl sites for hydroxylation is 1. The van der Waals surface area contributed by atoms with E-state index in [1.807, 2.05) is 37.3 Å². The van der Waals surface area contributed by atoms with E-state index in [0.29, 0.717) is 5.56 Å². The van der Waals surface area contributed by atoms with E-state index in [0.717, 1.165) is 16.0 Å². The molecule has 2 aromatic rings. The van der Waals surface area contributed by atoms with Crippen LogP contribution in [0.2, 0.25) is 0 Å². The molecule has 96 valence electrons. The first-order valence-corrected chi connectivity index (χ1v) is 6.61. The number of rotatable bonds is 4. The summed E-state index contributed by atoms with van der Waals surface area (Å²) < 4.78 is 0.954. The minimum atomic E-state index is -0.0485. The summed E-state index contributed by atoms with van der Waals surface area (Å²) in [4.78, 5) is 16.1. The van der Waals surface area contributed by atoms with Crippen molar-refractivity contribution < 1.29 is 4.79 Å². The van der Waals surface area contributed by atoms with Crippen molar-refractivity contribution in [3.63, 3.8) is 0 Å². The van der Waals surface area contributed by atoms with Crippen molar-refractivity contribution in [2.75, 3.05) is 5.32 Å². The fourth-order valence-corrected chi connectivity index (χ4v) is 1.80. The number of carbonyl (C=O) groups excluding carboxylic acids is 1. The molecular weight excluding hydrogens is 304 g/mol. The molecule has 0 radical (unpaired) electrons. The van der Waals surface area contributed by atoms with Gasteiger partial charge in [0.05, 0.1) is 0 Å². The molecule has 0 aliphatic rings. The Kier molecular flexibility index (Phi) is 4.47. The van der Waals surface area contributed by atoms with Crippen molar-refractivity contribution in [2.24, 2.45) is 0 Å². The van der Waals surface area contributed by atoms with E-state index < -0.39 is 0 Å². The Morgan fingerprint density at radius 1 is 1.21 bits per heavy atom. The Hall–Kier alpha value is -1.94. The maximum atomic E-state index is 11.9. The fourth-order valence-electron chi connectivity index (χ4n) is 1.54. The van der Waals surface area contributed by atoms with Gasteiger partial charge in [-0.3, -0.25) is 4.79 Å². The molecule has 0 fully saturated rings. The lowest BCUT2D eigenvalue weighted by molar-refractivity contribution is 0.104. The summed E-state index contributed by atoms with van der Waals surface area (Å²) in [6.07, 6.45) is 3.10. The van der Waals surface area contributed by atoms with Gasteiger partial charge in [0.2, 0.25) is 0 Å². The maximum Gasteiger partial charge on any atom is 0.187 e. The van der Waals surface area contributed by atoms with Crippen molar-refractivity contribution >= 4 is 27.5 Å². The average Bonchev–Trinajstić information content (AvgIpc) is 2.39. The molecule has 0 saturated heterocycles. The zero-order chi connectivity index (χ0) is 13.7. The van der Waals surface area contributed by atoms with Crippen LogP contribution < -0.4 is 5.32 Å². The van der Waals surface area contributed by atoms with Crippen LogP contribution in [0.25, 0.3) is 0 Å². The summed E-state index contributed by atoms with van der Waals surface area (Å²) in [6.45, 7) is 1.92. The lowest BCUT2D eigenvalue weighted by atomic mass is 10.1. The second kappa shape index (κ2) is 6.29. The van der Waals surface area contributed by atoms with Gasteiger partial charge in [0.15, 0.2) is 5.78 Å². The maximum absolute atomic E-state index is 11.9. The van der Waals surface area contributed by atoms with Crippen LogP contribution in [0, 0.1) is 6.92 Å². The molecule has 0 unspecified atom stereocenters. The van der Waals surface area contributed by atoms with Crippen LogP contribution in [0.3, 0.4) is 0 Å². The molecule has 0 aliphatic heterocycles. The summed E-state index contributed by atoms with van der Waals surface area (Å²) in [6, 6.07) is 12.9. The lowest BCUT2D eigenvalue weighted by Gasteiger charge is -2.00. The van der Waals surface area contributed by atoms with E-state index in [1.165, 1.54) is 6.08 Å². The first kappa shape index (κ1) is 13.5. The van der Waals surface area contributed by atoms with E-state index in [9.17, 15) is 4.79 Å². The van der Waals surface area contributed by atoms with E-state index in [-0.39, 0.29) is 5.78 Å². The van der Waals surface area contributed by atoms with E-state index in [2.05, 4.69) is 26.2 Å². The molecule has 3 nitrogen and oxygen atoms in total. The lowest BCUT2D eigenvalue weighted by Crippen LogP contribution is -1.97. The second-order valence-electron chi connectivity index (χ2n) is 4.01. The average molecular weight is 317 g/mol. The number of aromatic nitrogens is 1. The van der Waals surface area contributed by atoms with Crippen LogP contribution in [-0.2, 0) is 0 Å². The minimum Gasteiger partial charge on any atom is -0.347 e. The van der Waals surface area contributed by atoms with Crippen LogP contribution in [0.15, 0.2) is 59.2 Å². The zero-order valence-corrected chi connectivity index (χ0v) is 12.0. The number of hydrogen-bond donors (Lipinski definition) is 1. The highest BCUT2D eigenvalue weighted by molar-refractivity contribution is 9.10. The Morgan fingerprint density at radius 3 is 2.63 bits per heavy atom. The van der Waals surface area contributed by atoms with Crippen LogP contribution in [-0.4, -0.2) is 10.8 Å². The molecule has 0 spiro atoms. The summed E-state index contributed by atoms with van der Waals surface area (Å²) in [5.41, 5.74) is 1.58. The van der Waals surface area contributed by atoms with Crippen LogP contribution >= 0.6 is 15.9 Å². The molecule has 19 heavy (non-hydrogen) atoms. The molecule has 1 heterocycles. The second-order valence-corrected chi connectivity index (χ2v) is 4.93. The number of carbonyl (C=O) groups is 1. The summed E-state index contributed by atoms with van der Waals surface area (Å²) in [5.74, 6) is 0.674. The molecule has 1 aromatic carbocycles. The van der Waals surface area contributed by atoms with Gasteiger partial charge in [-0.15, -0.1) is 0 Å². The standard InChI is InChI=1S/C15H13BrN2O/c1-11-3-2-4-15(18-11)17-10-9-14(19)12-5-7-13(16)8-6-12/h2-10H,1H3,(H,17,18). The predicted molar refractivity (Wildman–Crippen MR) is 80.2 cm³/mol. The van der Waals surface area contributed by atoms with Crippen LogP contribution in [0.1, 0.15) is 16.1 Å². The van der Waals surface area contributed by atoms with Gasteiger partial charge < -0.3 is 5.32 Å². The van der Waals surface area contributed by atoms with Gasteiger partial charge in [-0.25, -0.2) is 4.98 Å². The molecule has 0 atom stereocenters. The normalized spacial score (nSPS) is 10.6. The van der Waals surface area contributed by atoms with Gasteiger partial charge in [-0.05, 0) is 43.3 Å². The van der Waals surface area contributed by atoms with Crippen molar-refractivity contribution in [3.8, 4) is 0 Å². The van der Waals surface area contributed by atoms with Gasteiger partial charge in [-0.2, -0.15) is 0 Å². The van der Waals surface area contributed by atoms with Crippen molar-refractivity contribution in [1.82, 2.24) is 4.98 Å². The zero-order valence-electron chi connectivity index (χ0n) is 10.4. The van der Waals surface area contributed by atoms with E-state index in [4.69, 9.17) is 0 Å². The molecular formula is C15H13BrN2O. The number of pyridine rings is 1. The molecule has 0 saturated carbocycles. The molecule has 4 heteroatoms. The monoisotopic (exact) mass is 316 g/mol. The van der Waals surface area contributed by atoms with Gasteiger partial charge >= 0.3 is 0 Å². The topological polar surface area (TPSA) is 42.0 Å². The van der Waals surface area contributed by atoms with Gasteiger partial charge in [-0.1, -0.05) is 22.0 Å². The number of benzene rings is 1. The number of nitrogens with zero attached hydrogens (tertiary/aromatic N) is 1. The highest BCUT2D eigenvalue weighted by Crippen LogP contribution is 2.11. The molecule has 1 N–H and O–H groups in total. The summed E-state index contributed by atoms with van der Waals surface area (Å²) >= 11 is 3.33. The minimum absolute atomic E-state index is 0.0485. The van der Waals surface area contributed by atoms with Crippen molar-refractivity contribution in [1.29, 1.82) is 0 Å². The van der Waals surface area contributed by atoms with Gasteiger partial charge in [0, 0.05) is 28.0 Å². The highest BCUT2D eigenvalue weighted by Gasteiger charge is 2.00. The van der Waals surface area contributed by atoms with Gasteiger partial charge in [0.25, 0.3) is 0 Å². The molecule has 1 aromatic heterocycles. The quantitative estimate of drug-likeness (QED) is 0.685. The molecule has 0 amide bonds. The Bertz CT molecular complexity index is 606. The molecule has 2 rings (SSSR count). The molecule has 0 bridgehead atoms. The number of halogens is 1. The highest BCUT2D eigenvalue weighted by atomic mass is 79.9. The number of nitrogens with one attached hydrogen (secondary N) is 1. The van der Waals surface area contributed by atoms with Crippen LogP contribution in [0.4, 0.5) is 5.82 Å². The first-order chi connectivity index (χ1) is 9.15. The largest absolute Gasteiger partial charge is 0.347 e. The Balaban J connectivity index is 1.99. The third kappa shape index (κ3) is 4.03. The summed E-state index contributed by atoms with van der Waals surface area (Å²) in [5, 5.41) is 2.98.